The minimum Gasteiger partial charge on any atom is -0.462 e. The fraction of sp³-hybridized carbons (Fsp3) is 0.816. The van der Waals surface area contributed by atoms with Gasteiger partial charge in [-0.2, -0.15) is 0 Å². The summed E-state index contributed by atoms with van der Waals surface area (Å²) in [7, 11) is 0. The quantitative estimate of drug-likeness (QED) is 0.257. The molecule has 8 fully saturated rings. The van der Waals surface area contributed by atoms with Crippen molar-refractivity contribution in [2.75, 3.05) is 26.3 Å². The summed E-state index contributed by atoms with van der Waals surface area (Å²) in [5.74, 6) is 3.35. The Labute approximate surface area is 337 Å². The molecule has 1 aromatic rings. The zero-order chi connectivity index (χ0) is 39.5. The van der Waals surface area contributed by atoms with Gasteiger partial charge in [0.25, 0.3) is 0 Å². The van der Waals surface area contributed by atoms with Crippen LogP contribution in [0.5, 0.6) is 0 Å². The predicted molar refractivity (Wildman–Crippen MR) is 216 cm³/mol. The molecule has 7 nitrogen and oxygen atoms in total. The number of carbonyl (C=O) groups is 3. The van der Waals surface area contributed by atoms with Gasteiger partial charge in [0, 0.05) is 18.5 Å². The van der Waals surface area contributed by atoms with Crippen molar-refractivity contribution in [3.8, 4) is 0 Å². The maximum Gasteiger partial charge on any atom is 0.309 e. The van der Waals surface area contributed by atoms with Crippen molar-refractivity contribution < 1.29 is 28.6 Å². The van der Waals surface area contributed by atoms with E-state index in [1.807, 2.05) is 44.2 Å². The molecule has 1 saturated heterocycles. The van der Waals surface area contributed by atoms with Crippen molar-refractivity contribution in [2.45, 2.75) is 145 Å². The van der Waals surface area contributed by atoms with Crippen molar-refractivity contribution in [3.05, 3.63) is 35.9 Å². The highest BCUT2D eigenvalue weighted by Crippen LogP contribution is 2.78. The number of morpholine rings is 1. The monoisotopic (exact) mass is 770 g/mol. The van der Waals surface area contributed by atoms with E-state index in [-0.39, 0.29) is 63.6 Å². The minimum atomic E-state index is -0.499. The molecule has 56 heavy (non-hydrogen) atoms. The third kappa shape index (κ3) is 5.67. The van der Waals surface area contributed by atoms with E-state index in [4.69, 9.17) is 14.2 Å². The van der Waals surface area contributed by atoms with Gasteiger partial charge in [-0.05, 0) is 146 Å². The summed E-state index contributed by atoms with van der Waals surface area (Å²) < 4.78 is 18.0. The highest BCUT2D eigenvalue weighted by Gasteiger charge is 2.73. The smallest absolute Gasteiger partial charge is 0.309 e. The first-order valence-electron chi connectivity index (χ1n) is 22.9. The molecule has 7 heteroatoms. The third-order valence-electron chi connectivity index (χ3n) is 19.7. The zero-order valence-electron chi connectivity index (χ0n) is 35.7. The molecule has 1 heterocycles. The van der Waals surface area contributed by atoms with Gasteiger partial charge in [-0.3, -0.25) is 14.4 Å². The van der Waals surface area contributed by atoms with Gasteiger partial charge in [0.2, 0.25) is 5.91 Å². The number of hydrogen-bond donors (Lipinski definition) is 0. The Hall–Kier alpha value is -2.41. The van der Waals surface area contributed by atoms with Crippen LogP contribution in [-0.2, 0) is 35.2 Å². The summed E-state index contributed by atoms with van der Waals surface area (Å²) in [6, 6.07) is 9.78. The third-order valence-corrected chi connectivity index (χ3v) is 19.7. The topological polar surface area (TPSA) is 82.1 Å². The van der Waals surface area contributed by atoms with E-state index in [1.54, 1.807) is 0 Å². The highest BCUT2D eigenvalue weighted by atomic mass is 16.5. The Kier molecular flexibility index (Phi) is 9.46. The van der Waals surface area contributed by atoms with Crippen LogP contribution in [0, 0.1) is 79.8 Å². The second kappa shape index (κ2) is 13.6. The molecule has 7 aliphatic carbocycles. The van der Waals surface area contributed by atoms with E-state index in [0.29, 0.717) is 49.2 Å². The molecular weight excluding hydrogens is 699 g/mol. The van der Waals surface area contributed by atoms with Gasteiger partial charge in [0.15, 0.2) is 0 Å². The molecule has 308 valence electrons. The number of nitrogens with zero attached hydrogens (tertiary/aromatic N) is 1. The van der Waals surface area contributed by atoms with Crippen LogP contribution in [0.4, 0.5) is 0 Å². The van der Waals surface area contributed by atoms with Crippen LogP contribution in [-0.4, -0.2) is 55.2 Å². The van der Waals surface area contributed by atoms with E-state index >= 15 is 0 Å². The van der Waals surface area contributed by atoms with Gasteiger partial charge in [-0.25, -0.2) is 0 Å². The van der Waals surface area contributed by atoms with Crippen LogP contribution in [0.1, 0.15) is 138 Å². The molecule has 0 aromatic heterocycles. The van der Waals surface area contributed by atoms with Crippen LogP contribution >= 0.6 is 0 Å². The lowest BCUT2D eigenvalue weighted by atomic mass is 9.32. The maximum atomic E-state index is 14.7. The summed E-state index contributed by atoms with van der Waals surface area (Å²) in [4.78, 5) is 44.1. The van der Waals surface area contributed by atoms with Crippen molar-refractivity contribution in [3.63, 3.8) is 0 Å². The van der Waals surface area contributed by atoms with Crippen molar-refractivity contribution >= 4 is 17.8 Å². The summed E-state index contributed by atoms with van der Waals surface area (Å²) >= 11 is 0. The molecule has 0 radical (unpaired) electrons. The normalized spacial score (nSPS) is 44.9. The van der Waals surface area contributed by atoms with E-state index in [9.17, 15) is 14.4 Å². The van der Waals surface area contributed by atoms with E-state index < -0.39 is 5.41 Å². The van der Waals surface area contributed by atoms with Gasteiger partial charge < -0.3 is 19.1 Å². The fourth-order valence-electron chi connectivity index (χ4n) is 16.1. The first-order chi connectivity index (χ1) is 26.6. The molecule has 0 unspecified atom stereocenters. The lowest BCUT2D eigenvalue weighted by molar-refractivity contribution is -0.252. The number of ether oxygens (including phenoxy) is 3. The van der Waals surface area contributed by atoms with Gasteiger partial charge in [-0.15, -0.1) is 0 Å². The Morgan fingerprint density at radius 2 is 1.43 bits per heavy atom. The number of fused-ring (bicyclic) bond motifs is 7. The lowest BCUT2D eigenvalue weighted by Gasteiger charge is -2.73. The summed E-state index contributed by atoms with van der Waals surface area (Å²) in [5.41, 5.74) is 0.799. The van der Waals surface area contributed by atoms with Crippen molar-refractivity contribution in [1.82, 2.24) is 4.90 Å². The SMILES string of the molecule is CC1(C)[C@@H](C(=O)O[C@H]2CC[C@]3(C)[C@H]4CC[C@@H]5[C@H]6[C@H](C7CC7)CC[C@]6(C(=O)N6CCOCC6)CC[C@@]5(C)[C@]4(C)CC[C@H]3C2(C)C)C[C@H]1C(=O)OCc1ccccc1. The average molecular weight is 770 g/mol. The Morgan fingerprint density at radius 1 is 0.714 bits per heavy atom. The summed E-state index contributed by atoms with van der Waals surface area (Å²) in [6.07, 6.45) is 14.6. The van der Waals surface area contributed by atoms with E-state index in [1.165, 1.54) is 51.4 Å². The summed E-state index contributed by atoms with van der Waals surface area (Å²) in [5, 5.41) is 0. The molecule has 12 atom stereocenters. The minimum absolute atomic E-state index is 0.122. The van der Waals surface area contributed by atoms with Gasteiger partial charge in [0.1, 0.15) is 12.7 Å². The number of hydrogen-bond acceptors (Lipinski definition) is 6. The predicted octanol–water partition coefficient (Wildman–Crippen LogP) is 9.65. The van der Waals surface area contributed by atoms with Crippen LogP contribution in [0.2, 0.25) is 0 Å². The Balaban J connectivity index is 0.898. The maximum absolute atomic E-state index is 14.7. The second-order valence-electron chi connectivity index (χ2n) is 22.3. The molecule has 1 aromatic carbocycles. The average Bonchev–Trinajstić information content (AvgIpc) is 3.94. The zero-order valence-corrected chi connectivity index (χ0v) is 35.7. The van der Waals surface area contributed by atoms with Gasteiger partial charge in [0.05, 0.1) is 30.5 Å². The first kappa shape index (κ1) is 39.1. The fourth-order valence-corrected chi connectivity index (χ4v) is 16.1. The van der Waals surface area contributed by atoms with Crippen LogP contribution in [0.3, 0.4) is 0 Å². The van der Waals surface area contributed by atoms with Crippen molar-refractivity contribution in [1.29, 1.82) is 0 Å². The van der Waals surface area contributed by atoms with E-state index in [0.717, 1.165) is 56.2 Å². The van der Waals surface area contributed by atoms with Crippen LogP contribution in [0.25, 0.3) is 0 Å². The first-order valence-corrected chi connectivity index (χ1v) is 22.9. The van der Waals surface area contributed by atoms with Crippen LogP contribution < -0.4 is 0 Å². The largest absolute Gasteiger partial charge is 0.462 e. The Morgan fingerprint density at radius 3 is 2.12 bits per heavy atom. The van der Waals surface area contributed by atoms with Gasteiger partial charge >= 0.3 is 11.9 Å². The molecule has 0 spiro atoms. The highest BCUT2D eigenvalue weighted by molar-refractivity contribution is 5.84. The van der Waals surface area contributed by atoms with Crippen molar-refractivity contribution in [2.24, 2.45) is 79.8 Å². The molecule has 9 rings (SSSR count). The number of amides is 1. The number of esters is 2. The molecule has 1 amide bonds. The molecular formula is C49H71NO6. The standard InChI is InChI=1S/C49H71NO6/c1-44(2)35(41(51)55-30-31-11-9-8-10-12-31)29-36(44)42(52)56-39-19-20-46(5)37(45(39,3)4)18-21-48(7)38(46)16-15-34-40-33(32-13-14-32)17-22-49(40,24-23-47(34,48)6)43(53)50-25-27-54-28-26-50/h8-12,32-40H,13-30H2,1-7H3/t33-,34+,35-,36+,37-,38+,39-,40+,46-,47+,48+,49-/m0/s1. The second-order valence-corrected chi connectivity index (χ2v) is 22.3. The Bertz CT molecular complexity index is 1700. The molecule has 0 N–H and O–H groups in total. The number of carbonyl (C=O) groups excluding carboxylic acids is 3. The van der Waals surface area contributed by atoms with Crippen LogP contribution in [0.15, 0.2) is 30.3 Å². The molecule has 8 aliphatic rings. The number of benzene rings is 1. The molecule has 0 bridgehead atoms. The molecule has 7 saturated carbocycles. The number of rotatable bonds is 7. The van der Waals surface area contributed by atoms with E-state index in [2.05, 4.69) is 39.5 Å². The van der Waals surface area contributed by atoms with Gasteiger partial charge in [-0.1, -0.05) is 78.8 Å². The molecule has 1 aliphatic heterocycles. The summed E-state index contributed by atoms with van der Waals surface area (Å²) in [6.45, 7) is 20.0. The lowest BCUT2D eigenvalue weighted by Crippen LogP contribution is -2.68.